The van der Waals surface area contributed by atoms with E-state index >= 15 is 0 Å². The van der Waals surface area contributed by atoms with Gasteiger partial charge in [0.1, 0.15) is 0 Å². The lowest BCUT2D eigenvalue weighted by Gasteiger charge is -2.36. The molecule has 0 amide bonds. The van der Waals surface area contributed by atoms with Gasteiger partial charge < -0.3 is 10.2 Å². The quantitative estimate of drug-likeness (QED) is 0.853. The van der Waals surface area contributed by atoms with E-state index in [1.807, 2.05) is 6.07 Å². The molecule has 2 aliphatic rings. The van der Waals surface area contributed by atoms with Crippen molar-refractivity contribution in [2.24, 2.45) is 0 Å². The van der Waals surface area contributed by atoms with Crippen molar-refractivity contribution < 1.29 is 0 Å². The maximum absolute atomic E-state index is 3.61. The van der Waals surface area contributed by atoms with Crippen LogP contribution in [0.3, 0.4) is 0 Å². The van der Waals surface area contributed by atoms with Gasteiger partial charge in [0.15, 0.2) is 0 Å². The highest BCUT2D eigenvalue weighted by Gasteiger charge is 2.45. The summed E-state index contributed by atoms with van der Waals surface area (Å²) < 4.78 is 0. The van der Waals surface area contributed by atoms with E-state index in [1.54, 1.807) is 0 Å². The van der Waals surface area contributed by atoms with Crippen LogP contribution in [0.4, 0.5) is 5.69 Å². The molecular weight excluding hydrogens is 292 g/mol. The summed E-state index contributed by atoms with van der Waals surface area (Å²) in [5.41, 5.74) is 1.15. The Morgan fingerprint density at radius 1 is 0.792 bits per heavy atom. The first-order valence-electron chi connectivity index (χ1n) is 8.57. The van der Waals surface area contributed by atoms with Gasteiger partial charge in [-0.3, -0.25) is 0 Å². The predicted molar refractivity (Wildman–Crippen MR) is 101 cm³/mol. The molecule has 2 fully saturated rings. The molecule has 24 heavy (non-hydrogen) atoms. The lowest BCUT2D eigenvalue weighted by molar-refractivity contribution is 0.330. The maximum atomic E-state index is 3.61. The SMILES string of the molecule is CC(Nc1ccccc1)[C]1[CH][CH][CH][C]1[C]1[CH][CH][CH][C]1[C@H](C)N(C)C. The molecule has 1 aromatic rings. The Kier molecular flexibility index (Phi) is 5.86. The molecule has 10 radical (unpaired) electrons. The first-order chi connectivity index (χ1) is 11.6. The van der Waals surface area contributed by atoms with Crippen LogP contribution >= 0.6 is 0 Å². The molecule has 2 saturated carbocycles. The summed E-state index contributed by atoms with van der Waals surface area (Å²) in [7, 11) is 4.26. The van der Waals surface area contributed by atoms with Crippen molar-refractivity contribution in [3.05, 3.63) is 92.5 Å². The van der Waals surface area contributed by atoms with Gasteiger partial charge in [0.2, 0.25) is 0 Å². The van der Waals surface area contributed by atoms with E-state index in [1.165, 1.54) is 23.7 Å². The summed E-state index contributed by atoms with van der Waals surface area (Å²) in [4.78, 5) is 2.26. The fourth-order valence-corrected chi connectivity index (χ4v) is 3.24. The average molecular weight is 318 g/mol. The fraction of sp³-hybridized carbons (Fsp3) is 0.273. The molecule has 1 unspecified atom stereocenters. The molecule has 124 valence electrons. The molecule has 0 saturated heterocycles. The molecule has 0 heterocycles. The van der Waals surface area contributed by atoms with Crippen LogP contribution in [0.15, 0.2) is 30.3 Å². The zero-order valence-corrected chi connectivity index (χ0v) is 15.0. The van der Waals surface area contributed by atoms with Crippen molar-refractivity contribution >= 4 is 5.69 Å². The Morgan fingerprint density at radius 3 is 2.00 bits per heavy atom. The van der Waals surface area contributed by atoms with Gasteiger partial charge in [-0.1, -0.05) is 18.2 Å². The van der Waals surface area contributed by atoms with Crippen molar-refractivity contribution in [3.63, 3.8) is 0 Å². The van der Waals surface area contributed by atoms with E-state index in [0.29, 0.717) is 6.04 Å². The largest absolute Gasteiger partial charge is 0.382 e. The Morgan fingerprint density at radius 2 is 1.38 bits per heavy atom. The van der Waals surface area contributed by atoms with E-state index < -0.39 is 0 Å². The topological polar surface area (TPSA) is 15.3 Å². The van der Waals surface area contributed by atoms with Crippen LogP contribution < -0.4 is 5.32 Å². The third kappa shape index (κ3) is 3.79. The van der Waals surface area contributed by atoms with Crippen LogP contribution in [0.1, 0.15) is 13.8 Å². The number of anilines is 1. The van der Waals surface area contributed by atoms with Crippen molar-refractivity contribution in [1.82, 2.24) is 4.90 Å². The fourth-order valence-electron chi connectivity index (χ4n) is 3.24. The third-order valence-corrected chi connectivity index (χ3v) is 4.84. The molecule has 2 atom stereocenters. The van der Waals surface area contributed by atoms with E-state index in [-0.39, 0.29) is 6.04 Å². The van der Waals surface area contributed by atoms with Crippen LogP contribution in [0.2, 0.25) is 0 Å². The Hall–Kier alpha value is -1.02. The molecule has 2 heteroatoms. The van der Waals surface area contributed by atoms with Crippen molar-refractivity contribution in [1.29, 1.82) is 0 Å². The highest BCUT2D eigenvalue weighted by Crippen LogP contribution is 2.52. The van der Waals surface area contributed by atoms with E-state index in [9.17, 15) is 0 Å². The monoisotopic (exact) mass is 318 g/mol. The van der Waals surface area contributed by atoms with Crippen molar-refractivity contribution in [2.45, 2.75) is 25.9 Å². The van der Waals surface area contributed by atoms with Crippen LogP contribution in [-0.2, 0) is 0 Å². The van der Waals surface area contributed by atoms with Crippen LogP contribution in [-0.4, -0.2) is 31.1 Å². The first kappa shape index (κ1) is 17.8. The predicted octanol–water partition coefficient (Wildman–Crippen LogP) is 3.99. The highest BCUT2D eigenvalue weighted by atomic mass is 15.1. The summed E-state index contributed by atoms with van der Waals surface area (Å²) >= 11 is 0. The summed E-state index contributed by atoms with van der Waals surface area (Å²) in [6.07, 6.45) is 13.3. The molecular formula is C22H26N2. The second-order valence-corrected chi connectivity index (χ2v) is 6.66. The van der Waals surface area contributed by atoms with Crippen LogP contribution in [0.5, 0.6) is 0 Å². The molecule has 1 aromatic carbocycles. The van der Waals surface area contributed by atoms with E-state index in [0.717, 1.165) is 5.69 Å². The number of rotatable bonds is 6. The normalized spacial score (nSPS) is 23.9. The van der Waals surface area contributed by atoms with Gasteiger partial charge in [0, 0.05) is 29.6 Å². The molecule has 2 nitrogen and oxygen atoms in total. The van der Waals surface area contributed by atoms with Gasteiger partial charge in [-0.15, -0.1) is 0 Å². The third-order valence-electron chi connectivity index (χ3n) is 4.84. The maximum Gasteiger partial charge on any atom is 0.0342 e. The number of hydrogen-bond acceptors (Lipinski definition) is 2. The van der Waals surface area contributed by atoms with Gasteiger partial charge in [-0.05, 0) is 90.4 Å². The first-order valence-corrected chi connectivity index (χ1v) is 8.57. The minimum Gasteiger partial charge on any atom is -0.382 e. The minimum absolute atomic E-state index is 0.259. The number of nitrogens with one attached hydrogen (secondary N) is 1. The Bertz CT molecular complexity index is 498. The zero-order chi connectivity index (χ0) is 17.1. The van der Waals surface area contributed by atoms with E-state index in [2.05, 4.69) is 101 Å². The van der Waals surface area contributed by atoms with E-state index in [4.69, 9.17) is 0 Å². The number of nitrogens with zero attached hydrogens (tertiary/aromatic N) is 1. The van der Waals surface area contributed by atoms with Gasteiger partial charge in [0.25, 0.3) is 0 Å². The average Bonchev–Trinajstić information content (AvgIpc) is 3.23. The van der Waals surface area contributed by atoms with Gasteiger partial charge in [-0.25, -0.2) is 0 Å². The molecule has 0 spiro atoms. The van der Waals surface area contributed by atoms with Crippen molar-refractivity contribution in [2.75, 3.05) is 19.4 Å². The number of hydrogen-bond donors (Lipinski definition) is 1. The lowest BCUT2D eigenvalue weighted by Crippen LogP contribution is -2.36. The molecule has 3 rings (SSSR count). The molecule has 2 aliphatic carbocycles. The number of benzene rings is 1. The van der Waals surface area contributed by atoms with Crippen LogP contribution in [0.25, 0.3) is 0 Å². The smallest absolute Gasteiger partial charge is 0.0342 e. The molecule has 1 N–H and O–H groups in total. The zero-order valence-electron chi connectivity index (χ0n) is 15.0. The summed E-state index contributed by atoms with van der Waals surface area (Å²) in [6, 6.07) is 11.1. The minimum atomic E-state index is 0.259. The lowest BCUT2D eigenvalue weighted by atomic mass is 9.73. The Labute approximate surface area is 149 Å². The second-order valence-electron chi connectivity index (χ2n) is 6.66. The molecule has 0 aliphatic heterocycles. The van der Waals surface area contributed by atoms with Gasteiger partial charge in [0.05, 0.1) is 0 Å². The second kappa shape index (κ2) is 7.91. The van der Waals surface area contributed by atoms with Gasteiger partial charge in [-0.2, -0.15) is 0 Å². The van der Waals surface area contributed by atoms with Crippen molar-refractivity contribution in [3.8, 4) is 0 Å². The Balaban J connectivity index is 1.68. The number of para-hydroxylation sites is 1. The van der Waals surface area contributed by atoms with Crippen LogP contribution in [0, 0.1) is 62.2 Å². The molecule has 0 bridgehead atoms. The van der Waals surface area contributed by atoms with Gasteiger partial charge >= 0.3 is 0 Å². The summed E-state index contributed by atoms with van der Waals surface area (Å²) in [5.74, 6) is 5.41. The molecule has 0 aromatic heterocycles. The summed E-state index contributed by atoms with van der Waals surface area (Å²) in [6.45, 7) is 4.48. The standard InChI is InChI=1S/C22H26N2/c1-16(23-18-10-6-5-7-11-18)19-12-8-14-21(19)22-15-9-13-20(22)17(2)24(3)4/h5-17,23H,1-4H3/t16?,17-/m0/s1. The highest BCUT2D eigenvalue weighted by molar-refractivity contribution is 5.66. The summed E-state index contributed by atoms with van der Waals surface area (Å²) in [5, 5.41) is 3.61.